The lowest BCUT2D eigenvalue weighted by molar-refractivity contribution is 0.0984. The van der Waals surface area contributed by atoms with Crippen LogP contribution < -0.4 is 15.5 Å². The van der Waals surface area contributed by atoms with E-state index in [2.05, 4.69) is 9.97 Å². The predicted molar refractivity (Wildman–Crippen MR) is 123 cm³/mol. The number of nitrogen functional groups attached to an aromatic ring is 1. The van der Waals surface area contributed by atoms with Gasteiger partial charge in [0.25, 0.3) is 5.91 Å². The van der Waals surface area contributed by atoms with Crippen molar-refractivity contribution in [3.63, 3.8) is 0 Å². The predicted octanol–water partition coefficient (Wildman–Crippen LogP) is 3.80. The Morgan fingerprint density at radius 3 is 2.84 bits per heavy atom. The quantitative estimate of drug-likeness (QED) is 0.612. The zero-order chi connectivity index (χ0) is 22.2. The van der Waals surface area contributed by atoms with Crippen LogP contribution in [0.25, 0.3) is 10.6 Å². The minimum absolute atomic E-state index is 0.119. The molecule has 2 aliphatic rings. The van der Waals surface area contributed by atoms with Gasteiger partial charge in [0.05, 0.1) is 23.5 Å². The average Bonchev–Trinajstić information content (AvgIpc) is 3.25. The van der Waals surface area contributed by atoms with E-state index in [1.54, 1.807) is 29.3 Å². The van der Waals surface area contributed by atoms with Gasteiger partial charge in [0.1, 0.15) is 27.9 Å². The number of benzene rings is 1. The van der Waals surface area contributed by atoms with E-state index in [4.69, 9.17) is 11.0 Å². The molecule has 7 nitrogen and oxygen atoms in total. The summed E-state index contributed by atoms with van der Waals surface area (Å²) < 4.78 is 13.7. The number of thiazole rings is 1. The maximum absolute atomic E-state index is 13.7. The van der Waals surface area contributed by atoms with E-state index < -0.39 is 6.17 Å². The molecule has 0 saturated carbocycles. The molecule has 1 aromatic carbocycles. The van der Waals surface area contributed by atoms with Gasteiger partial charge in [-0.25, -0.2) is 14.4 Å². The van der Waals surface area contributed by atoms with E-state index in [0.717, 1.165) is 35.0 Å². The Balaban J connectivity index is 1.37. The van der Waals surface area contributed by atoms with Gasteiger partial charge in [0.2, 0.25) is 0 Å². The molecular formula is C23H21FN6OS. The number of nitriles is 1. The minimum Gasteiger partial charge on any atom is -0.398 e. The summed E-state index contributed by atoms with van der Waals surface area (Å²) in [5.74, 6) is 0.643. The summed E-state index contributed by atoms with van der Waals surface area (Å²) in [6.45, 7) is 1.68. The highest BCUT2D eigenvalue weighted by Gasteiger charge is 2.30. The van der Waals surface area contributed by atoms with Crippen molar-refractivity contribution >= 4 is 34.4 Å². The van der Waals surface area contributed by atoms with E-state index in [0.29, 0.717) is 47.7 Å². The minimum atomic E-state index is -0.809. The van der Waals surface area contributed by atoms with Gasteiger partial charge in [-0.3, -0.25) is 4.79 Å². The van der Waals surface area contributed by atoms with Crippen molar-refractivity contribution in [3.8, 4) is 16.6 Å². The fourth-order valence-electron chi connectivity index (χ4n) is 4.15. The number of fused-ring (bicyclic) bond motifs is 1. The monoisotopic (exact) mass is 448 g/mol. The Morgan fingerprint density at radius 2 is 2.12 bits per heavy atom. The number of nitrogens with two attached hydrogens (primary N) is 1. The molecule has 3 aromatic rings. The first-order chi connectivity index (χ1) is 15.5. The molecule has 2 aliphatic heterocycles. The number of carbonyl (C=O) groups is 1. The third-order valence-corrected chi connectivity index (χ3v) is 6.99. The summed E-state index contributed by atoms with van der Waals surface area (Å²) in [6, 6.07) is 10.9. The van der Waals surface area contributed by atoms with Crippen LogP contribution in [0.1, 0.15) is 33.8 Å². The van der Waals surface area contributed by atoms with Gasteiger partial charge in [-0.1, -0.05) is 0 Å². The number of anilines is 3. The lowest BCUT2D eigenvalue weighted by Crippen LogP contribution is -2.37. The normalized spacial score (nSPS) is 18.4. The molecule has 2 N–H and O–H groups in total. The number of hydrogen-bond acceptors (Lipinski definition) is 7. The third-order valence-electron chi connectivity index (χ3n) is 5.86. The van der Waals surface area contributed by atoms with Crippen LogP contribution in [0.4, 0.5) is 21.6 Å². The number of halogens is 1. The van der Waals surface area contributed by atoms with Crippen LogP contribution in [0.15, 0.2) is 36.5 Å². The van der Waals surface area contributed by atoms with Crippen molar-refractivity contribution in [2.24, 2.45) is 0 Å². The first-order valence-electron chi connectivity index (χ1n) is 10.5. The molecule has 0 aliphatic carbocycles. The number of alkyl halides is 1. The van der Waals surface area contributed by atoms with E-state index in [-0.39, 0.29) is 5.91 Å². The highest BCUT2D eigenvalue weighted by atomic mass is 32.1. The van der Waals surface area contributed by atoms with E-state index >= 15 is 0 Å². The van der Waals surface area contributed by atoms with Crippen LogP contribution in [-0.2, 0) is 6.42 Å². The fraction of sp³-hybridized carbons (Fsp3) is 0.304. The van der Waals surface area contributed by atoms with Gasteiger partial charge in [-0.15, -0.1) is 11.3 Å². The van der Waals surface area contributed by atoms with Gasteiger partial charge in [-0.05, 0) is 43.2 Å². The zero-order valence-electron chi connectivity index (χ0n) is 17.3. The van der Waals surface area contributed by atoms with Crippen LogP contribution in [0.2, 0.25) is 0 Å². The molecule has 1 fully saturated rings. The number of rotatable bonds is 3. The molecule has 0 radical (unpaired) electrons. The zero-order valence-corrected chi connectivity index (χ0v) is 18.1. The number of aromatic nitrogens is 2. The molecule has 1 atom stereocenters. The maximum Gasteiger partial charge on any atom is 0.270 e. The summed E-state index contributed by atoms with van der Waals surface area (Å²) in [7, 11) is 0. The standard InChI is InChI=1S/C23H21FN6OS/c24-16-2-1-8-29(13-16)20-6-4-15(12-27-20)22-28-19-7-9-30(23(31)21(19)32-22)17-5-3-14(11-25)18(26)10-17/h3-6,10,12,16H,1-2,7-9,13,26H2. The molecule has 9 heteroatoms. The van der Waals surface area contributed by atoms with Crippen molar-refractivity contribution in [1.82, 2.24) is 9.97 Å². The Kier molecular flexibility index (Phi) is 5.23. The van der Waals surface area contributed by atoms with Gasteiger partial charge in [-0.2, -0.15) is 5.26 Å². The first kappa shape index (κ1) is 20.4. The topological polar surface area (TPSA) is 99.1 Å². The molecule has 4 heterocycles. The summed E-state index contributed by atoms with van der Waals surface area (Å²) in [4.78, 5) is 26.6. The van der Waals surface area contributed by atoms with Crippen LogP contribution >= 0.6 is 11.3 Å². The van der Waals surface area contributed by atoms with Crippen molar-refractivity contribution in [1.29, 1.82) is 5.26 Å². The highest BCUT2D eigenvalue weighted by Crippen LogP contribution is 2.34. The molecule has 2 aromatic heterocycles. The second kappa shape index (κ2) is 8.20. The van der Waals surface area contributed by atoms with Crippen LogP contribution in [0.5, 0.6) is 0 Å². The average molecular weight is 449 g/mol. The van der Waals surface area contributed by atoms with Crippen molar-refractivity contribution in [3.05, 3.63) is 52.7 Å². The lowest BCUT2D eigenvalue weighted by Gasteiger charge is -2.29. The van der Waals surface area contributed by atoms with E-state index in [9.17, 15) is 9.18 Å². The Labute approximate surface area is 188 Å². The van der Waals surface area contributed by atoms with Crippen molar-refractivity contribution in [2.45, 2.75) is 25.4 Å². The van der Waals surface area contributed by atoms with Crippen LogP contribution in [0.3, 0.4) is 0 Å². The van der Waals surface area contributed by atoms with Crippen LogP contribution in [-0.4, -0.2) is 41.7 Å². The number of piperidine rings is 1. The second-order valence-electron chi connectivity index (χ2n) is 7.98. The lowest BCUT2D eigenvalue weighted by atomic mass is 10.1. The first-order valence-corrected chi connectivity index (χ1v) is 11.3. The Bertz CT molecular complexity index is 1220. The molecule has 5 rings (SSSR count). The van der Waals surface area contributed by atoms with E-state index in [1.165, 1.54) is 11.3 Å². The molecular weight excluding hydrogens is 427 g/mol. The maximum atomic E-state index is 13.7. The molecule has 1 saturated heterocycles. The molecule has 0 bridgehead atoms. The number of amides is 1. The number of hydrogen-bond donors (Lipinski definition) is 1. The SMILES string of the molecule is N#Cc1ccc(N2CCc3nc(-c4ccc(N5CCCC(F)C5)nc4)sc3C2=O)cc1N. The fourth-order valence-corrected chi connectivity index (χ4v) is 5.20. The third kappa shape index (κ3) is 3.67. The summed E-state index contributed by atoms with van der Waals surface area (Å²) in [6.07, 6.45) is 3.00. The molecule has 1 unspecified atom stereocenters. The smallest absolute Gasteiger partial charge is 0.270 e. The highest BCUT2D eigenvalue weighted by molar-refractivity contribution is 7.17. The molecule has 0 spiro atoms. The molecule has 162 valence electrons. The summed E-state index contributed by atoms with van der Waals surface area (Å²) in [5.41, 5.74) is 8.97. The van der Waals surface area contributed by atoms with Gasteiger partial charge in [0, 0.05) is 37.0 Å². The number of nitrogens with zero attached hydrogens (tertiary/aromatic N) is 5. The van der Waals surface area contributed by atoms with Gasteiger partial charge >= 0.3 is 0 Å². The molecule has 1 amide bonds. The largest absolute Gasteiger partial charge is 0.398 e. The number of carbonyl (C=O) groups excluding carboxylic acids is 1. The molecule has 32 heavy (non-hydrogen) atoms. The van der Waals surface area contributed by atoms with Crippen molar-refractivity contribution in [2.75, 3.05) is 35.2 Å². The van der Waals surface area contributed by atoms with Gasteiger partial charge < -0.3 is 15.5 Å². The van der Waals surface area contributed by atoms with Crippen molar-refractivity contribution < 1.29 is 9.18 Å². The number of pyridine rings is 1. The second-order valence-corrected chi connectivity index (χ2v) is 8.97. The van der Waals surface area contributed by atoms with Crippen LogP contribution in [0, 0.1) is 11.3 Å². The van der Waals surface area contributed by atoms with E-state index in [1.807, 2.05) is 23.1 Å². The Morgan fingerprint density at radius 1 is 1.25 bits per heavy atom. The summed E-state index contributed by atoms with van der Waals surface area (Å²) >= 11 is 1.35. The Hall–Kier alpha value is -3.51. The van der Waals surface area contributed by atoms with Gasteiger partial charge in [0.15, 0.2) is 0 Å². The summed E-state index contributed by atoms with van der Waals surface area (Å²) in [5, 5.41) is 9.82.